The molecule has 0 saturated heterocycles. The van der Waals surface area contributed by atoms with E-state index in [-0.39, 0.29) is 11.9 Å². The lowest BCUT2D eigenvalue weighted by Crippen LogP contribution is -2.25. The number of hydrogen-bond acceptors (Lipinski definition) is 4. The minimum atomic E-state index is -0.0890. The van der Waals surface area contributed by atoms with E-state index in [0.29, 0.717) is 11.4 Å². The van der Waals surface area contributed by atoms with Crippen LogP contribution < -0.4 is 10.6 Å². The van der Waals surface area contributed by atoms with Crippen LogP contribution in [-0.4, -0.2) is 42.0 Å². The maximum atomic E-state index is 12.3. The number of benzene rings is 1. The van der Waals surface area contributed by atoms with Crippen LogP contribution in [0.25, 0.3) is 0 Å². The molecule has 0 saturated carbocycles. The average molecular weight is 352 g/mol. The van der Waals surface area contributed by atoms with Crippen molar-refractivity contribution in [3.63, 3.8) is 0 Å². The third-order valence-corrected chi connectivity index (χ3v) is 4.70. The van der Waals surface area contributed by atoms with Crippen molar-refractivity contribution in [1.82, 2.24) is 15.2 Å². The van der Waals surface area contributed by atoms with Gasteiger partial charge < -0.3 is 10.6 Å². The van der Waals surface area contributed by atoms with Crippen LogP contribution in [0.5, 0.6) is 0 Å². The van der Waals surface area contributed by atoms with Crippen LogP contribution in [0.4, 0.5) is 5.82 Å². The van der Waals surface area contributed by atoms with Crippen LogP contribution in [0, 0.1) is 0 Å². The number of aromatic nitrogens is 1. The number of nitrogens with one attached hydrogen (secondary N) is 2. The summed E-state index contributed by atoms with van der Waals surface area (Å²) >= 11 is 0. The summed E-state index contributed by atoms with van der Waals surface area (Å²) in [6.45, 7) is 7.03. The Kier molecular flexibility index (Phi) is 5.89. The Morgan fingerprint density at radius 3 is 2.62 bits per heavy atom. The molecule has 2 heterocycles. The Labute approximate surface area is 155 Å². The topological polar surface area (TPSA) is 57.3 Å². The van der Waals surface area contributed by atoms with Crippen molar-refractivity contribution in [2.75, 3.05) is 25.5 Å². The van der Waals surface area contributed by atoms with Gasteiger partial charge in [-0.15, -0.1) is 0 Å². The maximum absolute atomic E-state index is 12.3. The van der Waals surface area contributed by atoms with Gasteiger partial charge in [-0.25, -0.2) is 4.98 Å². The predicted molar refractivity (Wildman–Crippen MR) is 106 cm³/mol. The van der Waals surface area contributed by atoms with Gasteiger partial charge in [0.15, 0.2) is 0 Å². The molecule has 0 atom stereocenters. The molecule has 5 heteroatoms. The highest BCUT2D eigenvalue weighted by atomic mass is 16.1. The molecule has 5 nitrogen and oxygen atoms in total. The lowest BCUT2D eigenvalue weighted by molar-refractivity contribution is 0.0963. The molecule has 1 aromatic heterocycles. The molecule has 0 bridgehead atoms. The molecule has 1 amide bonds. The summed E-state index contributed by atoms with van der Waals surface area (Å²) in [6.07, 6.45) is 1.82. The number of rotatable bonds is 5. The zero-order chi connectivity index (χ0) is 18.5. The fraction of sp³-hybridized carbons (Fsp3) is 0.429. The number of anilines is 1. The minimum Gasteiger partial charge on any atom is -0.367 e. The highest BCUT2D eigenvalue weighted by Crippen LogP contribution is 2.23. The van der Waals surface area contributed by atoms with E-state index < -0.39 is 0 Å². The molecule has 2 aromatic rings. The molecule has 138 valence electrons. The second-order valence-corrected chi connectivity index (χ2v) is 7.13. The van der Waals surface area contributed by atoms with Gasteiger partial charge in [-0.1, -0.05) is 30.3 Å². The van der Waals surface area contributed by atoms with Crippen LogP contribution in [0.1, 0.15) is 41.0 Å². The molecule has 2 N–H and O–H groups in total. The highest BCUT2D eigenvalue weighted by molar-refractivity contribution is 5.98. The van der Waals surface area contributed by atoms with Crippen molar-refractivity contribution in [3.05, 3.63) is 58.8 Å². The molecule has 0 radical (unpaired) electrons. The first-order chi connectivity index (χ1) is 12.6. The Morgan fingerprint density at radius 1 is 1.19 bits per heavy atom. The van der Waals surface area contributed by atoms with Crippen LogP contribution in [0.15, 0.2) is 36.4 Å². The zero-order valence-corrected chi connectivity index (χ0v) is 15.9. The predicted octanol–water partition coefficient (Wildman–Crippen LogP) is 2.86. The summed E-state index contributed by atoms with van der Waals surface area (Å²) in [6, 6.07) is 12.8. The van der Waals surface area contributed by atoms with E-state index in [1.165, 1.54) is 11.1 Å². The molecule has 0 unspecified atom stereocenters. The number of hydrogen-bond donors (Lipinski definition) is 2. The lowest BCUT2D eigenvalue weighted by atomic mass is 10.0. The van der Waals surface area contributed by atoms with Crippen molar-refractivity contribution in [3.8, 4) is 0 Å². The number of nitrogens with zero attached hydrogens (tertiary/aromatic N) is 2. The highest BCUT2D eigenvalue weighted by Gasteiger charge is 2.20. The summed E-state index contributed by atoms with van der Waals surface area (Å²) in [4.78, 5) is 19.6. The zero-order valence-electron chi connectivity index (χ0n) is 15.9. The van der Waals surface area contributed by atoms with Gasteiger partial charge in [0.05, 0.1) is 5.56 Å². The smallest absolute Gasteiger partial charge is 0.254 e. The largest absolute Gasteiger partial charge is 0.367 e. The lowest BCUT2D eigenvalue weighted by Gasteiger charge is -2.19. The molecular formula is C21H28N4O. The normalized spacial score (nSPS) is 14.6. The van der Waals surface area contributed by atoms with Crippen molar-refractivity contribution >= 4 is 11.7 Å². The molecule has 0 fully saturated rings. The Morgan fingerprint density at radius 2 is 1.92 bits per heavy atom. The number of carbonyl (C=O) groups is 1. The fourth-order valence-electron chi connectivity index (χ4n) is 3.37. The van der Waals surface area contributed by atoms with Gasteiger partial charge in [0, 0.05) is 44.8 Å². The summed E-state index contributed by atoms with van der Waals surface area (Å²) < 4.78 is 0. The van der Waals surface area contributed by atoms with Gasteiger partial charge >= 0.3 is 0 Å². The summed E-state index contributed by atoms with van der Waals surface area (Å²) in [5, 5.41) is 6.05. The van der Waals surface area contributed by atoms with Gasteiger partial charge in [0.2, 0.25) is 0 Å². The summed E-state index contributed by atoms with van der Waals surface area (Å²) in [5.74, 6) is 0.600. The monoisotopic (exact) mass is 352 g/mol. The van der Waals surface area contributed by atoms with E-state index in [1.54, 1.807) is 7.05 Å². The molecule has 0 spiro atoms. The molecule has 1 aliphatic heterocycles. The molecular weight excluding hydrogens is 324 g/mol. The van der Waals surface area contributed by atoms with Gasteiger partial charge in [0.1, 0.15) is 5.82 Å². The fourth-order valence-corrected chi connectivity index (χ4v) is 3.37. The number of amides is 1. The SMILES string of the molecule is CNC(=O)c1cc2c(nc1NC(C)C)CCN(Cc1ccccc1)CC2. The van der Waals surface area contributed by atoms with E-state index in [4.69, 9.17) is 4.98 Å². The Bertz CT molecular complexity index is 758. The van der Waals surface area contributed by atoms with Crippen molar-refractivity contribution in [2.45, 2.75) is 39.3 Å². The van der Waals surface area contributed by atoms with Crippen LogP contribution in [-0.2, 0) is 19.4 Å². The van der Waals surface area contributed by atoms with E-state index in [9.17, 15) is 4.79 Å². The molecule has 0 aliphatic carbocycles. The van der Waals surface area contributed by atoms with E-state index in [0.717, 1.165) is 38.2 Å². The van der Waals surface area contributed by atoms with Crippen LogP contribution >= 0.6 is 0 Å². The molecule has 1 aromatic carbocycles. The second-order valence-electron chi connectivity index (χ2n) is 7.13. The molecule has 1 aliphatic rings. The summed E-state index contributed by atoms with van der Waals surface area (Å²) in [5.41, 5.74) is 4.26. The average Bonchev–Trinajstić information content (AvgIpc) is 2.83. The van der Waals surface area contributed by atoms with Crippen molar-refractivity contribution < 1.29 is 4.79 Å². The van der Waals surface area contributed by atoms with E-state index >= 15 is 0 Å². The van der Waals surface area contributed by atoms with Crippen molar-refractivity contribution in [1.29, 1.82) is 0 Å². The van der Waals surface area contributed by atoms with Crippen LogP contribution in [0.3, 0.4) is 0 Å². The van der Waals surface area contributed by atoms with E-state index in [2.05, 4.69) is 59.7 Å². The van der Waals surface area contributed by atoms with E-state index in [1.807, 2.05) is 6.07 Å². The van der Waals surface area contributed by atoms with Crippen LogP contribution in [0.2, 0.25) is 0 Å². The quantitative estimate of drug-likeness (QED) is 0.869. The Balaban J connectivity index is 1.81. The van der Waals surface area contributed by atoms with Gasteiger partial charge in [-0.2, -0.15) is 0 Å². The van der Waals surface area contributed by atoms with Gasteiger partial charge in [-0.3, -0.25) is 9.69 Å². The van der Waals surface area contributed by atoms with Gasteiger partial charge in [-0.05, 0) is 37.5 Å². The first-order valence-electron chi connectivity index (χ1n) is 9.34. The standard InChI is InChI=1S/C21H28N4O/c1-15(2)23-20-18(21(26)22-3)13-17-9-11-25(12-10-19(17)24-20)14-16-7-5-4-6-8-16/h4-8,13,15H,9-12,14H2,1-3H3,(H,22,26)(H,23,24). The van der Waals surface area contributed by atoms with Gasteiger partial charge in [0.25, 0.3) is 5.91 Å². The number of carbonyl (C=O) groups excluding carboxylic acids is 1. The number of fused-ring (bicyclic) bond motifs is 1. The first-order valence-corrected chi connectivity index (χ1v) is 9.34. The molecule has 3 rings (SSSR count). The number of pyridine rings is 1. The summed E-state index contributed by atoms with van der Waals surface area (Å²) in [7, 11) is 1.66. The second kappa shape index (κ2) is 8.32. The first kappa shape index (κ1) is 18.4. The van der Waals surface area contributed by atoms with Crippen molar-refractivity contribution in [2.24, 2.45) is 0 Å². The molecule has 26 heavy (non-hydrogen) atoms. The Hall–Kier alpha value is -2.40. The third-order valence-electron chi connectivity index (χ3n) is 4.70. The maximum Gasteiger partial charge on any atom is 0.254 e. The third kappa shape index (κ3) is 4.41. The minimum absolute atomic E-state index is 0.0890.